The van der Waals surface area contributed by atoms with E-state index in [0.29, 0.717) is 6.61 Å². The summed E-state index contributed by atoms with van der Waals surface area (Å²) in [6.07, 6.45) is 0. The Hall–Kier alpha value is -0.420. The molecule has 0 amide bonds. The third kappa shape index (κ3) is 5.07. The van der Waals surface area contributed by atoms with Crippen molar-refractivity contribution in [3.8, 4) is 0 Å². The molecule has 0 rings (SSSR count). The van der Waals surface area contributed by atoms with Crippen molar-refractivity contribution < 1.29 is 23.1 Å². The van der Waals surface area contributed by atoms with E-state index >= 15 is 0 Å². The summed E-state index contributed by atoms with van der Waals surface area (Å²) in [5.74, 6) is -0.454. The van der Waals surface area contributed by atoms with E-state index in [-0.39, 0.29) is 19.8 Å². The highest BCUT2D eigenvalue weighted by atomic mass is 31.2. The molecule has 0 bridgehead atoms. The highest BCUT2D eigenvalue weighted by Crippen LogP contribution is 2.50. The van der Waals surface area contributed by atoms with Gasteiger partial charge in [0, 0.05) is 0 Å². The molecule has 0 saturated heterocycles. The van der Waals surface area contributed by atoms with Crippen LogP contribution in [0.25, 0.3) is 0 Å². The molecule has 0 saturated carbocycles. The molecule has 0 spiro atoms. The van der Waals surface area contributed by atoms with Gasteiger partial charge in [-0.3, -0.25) is 13.8 Å². The second-order valence-electron chi connectivity index (χ2n) is 2.92. The summed E-state index contributed by atoms with van der Waals surface area (Å²) in [5, 5.41) is 0. The molecule has 0 heterocycles. The molecule has 0 aromatic rings. The second-order valence-corrected chi connectivity index (χ2v) is 5.06. The molecule has 0 aromatic heterocycles. The third-order valence-corrected chi connectivity index (χ3v) is 3.81. The summed E-state index contributed by atoms with van der Waals surface area (Å²) in [6.45, 7) is 5.82. The van der Waals surface area contributed by atoms with Crippen molar-refractivity contribution >= 4 is 13.7 Å². The monoisotopic (exact) mass is 253 g/mol. The molecule has 0 aliphatic carbocycles. The lowest BCUT2D eigenvalue weighted by molar-refractivity contribution is -0.143. The maximum absolute atomic E-state index is 12.1. The first-order chi connectivity index (χ1) is 7.50. The van der Waals surface area contributed by atoms with Gasteiger partial charge in [0.25, 0.3) is 0 Å². The predicted octanol–water partition coefficient (Wildman–Crippen LogP) is 1.66. The van der Waals surface area contributed by atoms with E-state index in [4.69, 9.17) is 13.8 Å². The number of carbonyl (C=O) groups excluding carboxylic acids is 1. The van der Waals surface area contributed by atoms with E-state index in [1.807, 2.05) is 0 Å². The summed E-state index contributed by atoms with van der Waals surface area (Å²) >= 11 is 0. The summed E-state index contributed by atoms with van der Waals surface area (Å²) in [4.78, 5) is 11.2. The zero-order chi connectivity index (χ0) is 12.6. The number of rotatable bonds is 8. The molecule has 0 aliphatic rings. The number of esters is 1. The van der Waals surface area contributed by atoms with E-state index in [2.05, 4.69) is 0 Å². The van der Waals surface area contributed by atoms with Crippen LogP contribution in [0.15, 0.2) is 0 Å². The van der Waals surface area contributed by atoms with Crippen LogP contribution in [0.4, 0.5) is 0 Å². The molecule has 0 N–H and O–H groups in total. The first-order valence-electron chi connectivity index (χ1n) is 5.26. The van der Waals surface area contributed by atoms with Gasteiger partial charge in [-0.25, -0.2) is 9.24 Å². The lowest BCUT2D eigenvalue weighted by atomic mass is 10.6. The third-order valence-electron chi connectivity index (χ3n) is 1.67. The average Bonchev–Trinajstić information content (AvgIpc) is 2.18. The summed E-state index contributed by atoms with van der Waals surface area (Å²) < 4.78 is 28.3. The van der Waals surface area contributed by atoms with Gasteiger partial charge in [0.1, 0.15) is 6.54 Å². The molecular weight excluding hydrogens is 233 g/mol. The van der Waals surface area contributed by atoms with Crippen molar-refractivity contribution in [1.29, 1.82) is 0 Å². The van der Waals surface area contributed by atoms with Gasteiger partial charge in [0.05, 0.1) is 19.8 Å². The predicted molar refractivity (Wildman–Crippen MR) is 60.1 cm³/mol. The molecule has 7 heteroatoms. The number of nitrogens with zero attached hydrogens (tertiary/aromatic N) is 1. The van der Waals surface area contributed by atoms with Crippen LogP contribution in [0, 0.1) is 0 Å². The van der Waals surface area contributed by atoms with E-state index in [1.165, 1.54) is 11.7 Å². The minimum Gasteiger partial charge on any atom is -0.465 e. The van der Waals surface area contributed by atoms with Crippen LogP contribution in [0.5, 0.6) is 0 Å². The Bertz CT molecular complexity index is 248. The quantitative estimate of drug-likeness (QED) is 0.484. The molecular formula is C9H20NO5P. The van der Waals surface area contributed by atoms with Crippen LogP contribution < -0.4 is 0 Å². The van der Waals surface area contributed by atoms with Crippen LogP contribution in [0.1, 0.15) is 20.8 Å². The minimum absolute atomic E-state index is 0.120. The van der Waals surface area contributed by atoms with Crippen LogP contribution in [-0.4, -0.2) is 44.1 Å². The minimum atomic E-state index is -3.36. The lowest BCUT2D eigenvalue weighted by Crippen LogP contribution is -2.27. The van der Waals surface area contributed by atoms with Crippen molar-refractivity contribution in [2.75, 3.05) is 33.4 Å². The van der Waals surface area contributed by atoms with Crippen molar-refractivity contribution in [3.05, 3.63) is 0 Å². The Morgan fingerprint density at radius 1 is 1.12 bits per heavy atom. The number of hydrogen-bond acceptors (Lipinski definition) is 5. The van der Waals surface area contributed by atoms with Gasteiger partial charge < -0.3 is 4.74 Å². The van der Waals surface area contributed by atoms with E-state index in [0.717, 1.165) is 0 Å². The Morgan fingerprint density at radius 3 is 2.00 bits per heavy atom. The van der Waals surface area contributed by atoms with Gasteiger partial charge in [-0.15, -0.1) is 0 Å². The Balaban J connectivity index is 4.43. The van der Waals surface area contributed by atoms with Crippen LogP contribution in [0.3, 0.4) is 0 Å². The summed E-state index contributed by atoms with van der Waals surface area (Å²) in [5.41, 5.74) is 0. The smallest absolute Gasteiger partial charge is 0.408 e. The maximum atomic E-state index is 12.1. The largest absolute Gasteiger partial charge is 0.465 e. The van der Waals surface area contributed by atoms with E-state index < -0.39 is 13.7 Å². The fraction of sp³-hybridized carbons (Fsp3) is 0.889. The lowest BCUT2D eigenvalue weighted by Gasteiger charge is -2.25. The molecule has 16 heavy (non-hydrogen) atoms. The molecule has 96 valence electrons. The van der Waals surface area contributed by atoms with E-state index in [1.54, 1.807) is 20.8 Å². The molecule has 0 aromatic carbocycles. The maximum Gasteiger partial charge on any atom is 0.408 e. The van der Waals surface area contributed by atoms with Gasteiger partial charge in [0.15, 0.2) is 0 Å². The molecule has 0 aliphatic heterocycles. The summed E-state index contributed by atoms with van der Waals surface area (Å²) in [6, 6.07) is 0. The van der Waals surface area contributed by atoms with Gasteiger partial charge >= 0.3 is 13.7 Å². The summed E-state index contributed by atoms with van der Waals surface area (Å²) in [7, 11) is -1.85. The van der Waals surface area contributed by atoms with Gasteiger partial charge in [0.2, 0.25) is 0 Å². The molecule has 0 unspecified atom stereocenters. The second kappa shape index (κ2) is 7.79. The number of carbonyl (C=O) groups is 1. The zero-order valence-electron chi connectivity index (χ0n) is 10.3. The normalized spacial score (nSPS) is 11.8. The Kier molecular flexibility index (Phi) is 7.58. The first-order valence-corrected chi connectivity index (χ1v) is 6.76. The van der Waals surface area contributed by atoms with Crippen molar-refractivity contribution in [2.24, 2.45) is 0 Å². The number of likely N-dealkylation sites (N-methyl/N-ethyl adjacent to an activating group) is 1. The standard InChI is InChI=1S/C9H20NO5P/c1-5-13-9(11)8-10(4)16(12,14-6-2)15-7-3/h5-8H2,1-4H3. The zero-order valence-corrected chi connectivity index (χ0v) is 11.2. The van der Waals surface area contributed by atoms with Gasteiger partial charge in [-0.2, -0.15) is 0 Å². The number of ether oxygens (including phenoxy) is 1. The van der Waals surface area contributed by atoms with Crippen LogP contribution >= 0.6 is 7.75 Å². The van der Waals surface area contributed by atoms with Crippen LogP contribution in [0.2, 0.25) is 0 Å². The SMILES string of the molecule is CCOC(=O)CN(C)P(=O)(OCC)OCC. The van der Waals surface area contributed by atoms with Crippen LogP contribution in [-0.2, 0) is 23.1 Å². The van der Waals surface area contributed by atoms with Crippen molar-refractivity contribution in [1.82, 2.24) is 4.67 Å². The Labute approximate surface area is 96.4 Å². The Morgan fingerprint density at radius 2 is 1.62 bits per heavy atom. The number of hydrogen-bond donors (Lipinski definition) is 0. The van der Waals surface area contributed by atoms with Crippen molar-refractivity contribution in [3.63, 3.8) is 0 Å². The highest BCUT2D eigenvalue weighted by molar-refractivity contribution is 7.51. The molecule has 0 radical (unpaired) electrons. The highest BCUT2D eigenvalue weighted by Gasteiger charge is 2.31. The molecule has 0 atom stereocenters. The van der Waals surface area contributed by atoms with Gasteiger partial charge in [-0.1, -0.05) is 0 Å². The molecule has 0 fully saturated rings. The van der Waals surface area contributed by atoms with Gasteiger partial charge in [-0.05, 0) is 27.8 Å². The van der Waals surface area contributed by atoms with Crippen molar-refractivity contribution in [2.45, 2.75) is 20.8 Å². The fourth-order valence-corrected chi connectivity index (χ4v) is 2.45. The topological polar surface area (TPSA) is 65.1 Å². The average molecular weight is 253 g/mol. The fourth-order valence-electron chi connectivity index (χ4n) is 1.04. The first kappa shape index (κ1) is 15.6. The van der Waals surface area contributed by atoms with E-state index in [9.17, 15) is 9.36 Å². The molecule has 6 nitrogen and oxygen atoms in total.